The summed E-state index contributed by atoms with van der Waals surface area (Å²) in [6, 6.07) is 18.7. The predicted octanol–water partition coefficient (Wildman–Crippen LogP) is 4.48. The highest BCUT2D eigenvalue weighted by Crippen LogP contribution is 2.31. The first-order chi connectivity index (χ1) is 14.3. The highest BCUT2D eigenvalue weighted by atomic mass is 16.3. The molecular formula is C22H20N6O. The number of nitrogens with one attached hydrogen (secondary N) is 1. The summed E-state index contributed by atoms with van der Waals surface area (Å²) in [6.07, 6.45) is 3.68. The number of hydrogen-bond donors (Lipinski definition) is 1. The molecule has 5 aromatic rings. The third-order valence-corrected chi connectivity index (χ3v) is 5.03. The molecular weight excluding hydrogens is 364 g/mol. The number of para-hydroxylation sites is 2. The second-order valence-corrected chi connectivity index (χ2v) is 6.95. The van der Waals surface area contributed by atoms with E-state index >= 15 is 0 Å². The average Bonchev–Trinajstić information content (AvgIpc) is 3.49. The van der Waals surface area contributed by atoms with E-state index < -0.39 is 0 Å². The fourth-order valence-corrected chi connectivity index (χ4v) is 3.66. The summed E-state index contributed by atoms with van der Waals surface area (Å²) in [4.78, 5) is 4.82. The summed E-state index contributed by atoms with van der Waals surface area (Å²) >= 11 is 0. The van der Waals surface area contributed by atoms with Crippen LogP contribution >= 0.6 is 0 Å². The van der Waals surface area contributed by atoms with Crippen molar-refractivity contribution in [2.45, 2.75) is 26.3 Å². The number of fused-ring (bicyclic) bond motifs is 1. The van der Waals surface area contributed by atoms with Gasteiger partial charge in [-0.05, 0) is 41.0 Å². The molecule has 1 N–H and O–H groups in total. The first-order valence-electron chi connectivity index (χ1n) is 9.68. The van der Waals surface area contributed by atoms with Crippen molar-refractivity contribution in [2.75, 3.05) is 0 Å². The summed E-state index contributed by atoms with van der Waals surface area (Å²) in [7, 11) is 0. The van der Waals surface area contributed by atoms with E-state index in [0.717, 1.165) is 41.9 Å². The lowest BCUT2D eigenvalue weighted by molar-refractivity contribution is 0.578. The van der Waals surface area contributed by atoms with Crippen LogP contribution in [0.5, 0.6) is 0 Å². The smallest absolute Gasteiger partial charge is 0.240 e. The first-order valence-corrected chi connectivity index (χ1v) is 9.68. The zero-order valence-corrected chi connectivity index (χ0v) is 16.0. The van der Waals surface area contributed by atoms with Crippen LogP contribution in [0.2, 0.25) is 0 Å². The van der Waals surface area contributed by atoms with Crippen LogP contribution < -0.4 is 0 Å². The second kappa shape index (κ2) is 7.35. The number of benzene rings is 2. The van der Waals surface area contributed by atoms with Crippen molar-refractivity contribution in [1.82, 2.24) is 30.2 Å². The lowest BCUT2D eigenvalue weighted by Gasteiger charge is -2.10. The highest BCUT2D eigenvalue weighted by molar-refractivity contribution is 5.77. The molecule has 3 heterocycles. The lowest BCUT2D eigenvalue weighted by atomic mass is 10.0. The number of hydrogen-bond acceptors (Lipinski definition) is 5. The van der Waals surface area contributed by atoms with Gasteiger partial charge in [0.2, 0.25) is 5.82 Å². The Labute approximate surface area is 167 Å². The van der Waals surface area contributed by atoms with Crippen molar-refractivity contribution >= 4 is 11.0 Å². The van der Waals surface area contributed by atoms with E-state index in [0.29, 0.717) is 11.6 Å². The van der Waals surface area contributed by atoms with Gasteiger partial charge in [0.05, 0.1) is 17.3 Å². The van der Waals surface area contributed by atoms with Gasteiger partial charge < -0.3 is 8.98 Å². The number of nitrogens with zero attached hydrogens (tertiary/aromatic N) is 5. The Morgan fingerprint density at radius 3 is 2.69 bits per heavy atom. The molecule has 0 bridgehead atoms. The summed E-state index contributed by atoms with van der Waals surface area (Å²) in [5.41, 5.74) is 5.44. The maximum Gasteiger partial charge on any atom is 0.240 e. The number of aromatic amines is 1. The number of tetrazole rings is 1. The largest absolute Gasteiger partial charge is 0.460 e. The normalized spacial score (nSPS) is 11.3. The van der Waals surface area contributed by atoms with E-state index in [1.807, 2.05) is 12.1 Å². The molecule has 0 amide bonds. The van der Waals surface area contributed by atoms with Crippen LogP contribution in [-0.4, -0.2) is 30.2 Å². The molecule has 7 nitrogen and oxygen atoms in total. The number of imidazole rings is 1. The van der Waals surface area contributed by atoms with E-state index in [1.54, 1.807) is 6.26 Å². The summed E-state index contributed by atoms with van der Waals surface area (Å²) in [5.74, 6) is 2.19. The second-order valence-electron chi connectivity index (χ2n) is 6.95. The van der Waals surface area contributed by atoms with E-state index in [9.17, 15) is 0 Å². The van der Waals surface area contributed by atoms with Gasteiger partial charge in [-0.15, -0.1) is 10.2 Å². The number of furan rings is 1. The first kappa shape index (κ1) is 17.4. The zero-order chi connectivity index (χ0) is 19.6. The third kappa shape index (κ3) is 3.20. The Hall–Kier alpha value is -3.74. The Balaban J connectivity index is 1.46. The maximum atomic E-state index is 5.57. The number of H-pyrrole nitrogens is 1. The van der Waals surface area contributed by atoms with Gasteiger partial charge in [-0.2, -0.15) is 5.21 Å². The van der Waals surface area contributed by atoms with Gasteiger partial charge in [-0.1, -0.05) is 43.3 Å². The Kier molecular flexibility index (Phi) is 4.40. The van der Waals surface area contributed by atoms with E-state index in [4.69, 9.17) is 9.40 Å². The van der Waals surface area contributed by atoms with Crippen LogP contribution in [0.1, 0.15) is 24.7 Å². The minimum Gasteiger partial charge on any atom is -0.460 e. The molecule has 29 heavy (non-hydrogen) atoms. The van der Waals surface area contributed by atoms with Crippen molar-refractivity contribution in [2.24, 2.45) is 0 Å². The molecule has 0 fully saturated rings. The fraction of sp³-hybridized carbons (Fsp3) is 0.182. The van der Waals surface area contributed by atoms with Crippen molar-refractivity contribution in [3.63, 3.8) is 0 Å². The molecule has 7 heteroatoms. The van der Waals surface area contributed by atoms with Crippen LogP contribution in [0.25, 0.3) is 33.7 Å². The molecule has 0 aliphatic heterocycles. The Bertz CT molecular complexity index is 1230. The van der Waals surface area contributed by atoms with Gasteiger partial charge in [-0.3, -0.25) is 0 Å². The van der Waals surface area contributed by atoms with Gasteiger partial charge in [0, 0.05) is 18.5 Å². The van der Waals surface area contributed by atoms with Gasteiger partial charge in [0.1, 0.15) is 5.82 Å². The van der Waals surface area contributed by atoms with Gasteiger partial charge in [0.25, 0.3) is 0 Å². The molecule has 0 spiro atoms. The average molecular weight is 384 g/mol. The van der Waals surface area contributed by atoms with Crippen LogP contribution in [0.3, 0.4) is 0 Å². The summed E-state index contributed by atoms with van der Waals surface area (Å²) in [5, 5.41) is 14.1. The molecule has 0 aliphatic carbocycles. The number of aromatic nitrogens is 6. The topological polar surface area (TPSA) is 85.4 Å². The standard InChI is InChI=1S/C22H20N6O/c1-2-5-20-23-18-6-3-4-7-19(18)28(20)14-15-8-10-16(11-9-15)17-12-13-29-21(17)22-24-26-27-25-22/h3-4,6-13H,2,5,14H2,1H3,(H,24,25,26,27). The monoisotopic (exact) mass is 384 g/mol. The Morgan fingerprint density at radius 2 is 1.90 bits per heavy atom. The fourth-order valence-electron chi connectivity index (χ4n) is 3.66. The molecule has 3 aromatic heterocycles. The van der Waals surface area contributed by atoms with Crippen molar-refractivity contribution in [1.29, 1.82) is 0 Å². The van der Waals surface area contributed by atoms with Crippen molar-refractivity contribution < 1.29 is 4.42 Å². The van der Waals surface area contributed by atoms with Gasteiger partial charge in [-0.25, -0.2) is 4.98 Å². The minimum atomic E-state index is 0.447. The van der Waals surface area contributed by atoms with E-state index in [2.05, 4.69) is 74.6 Å². The van der Waals surface area contributed by atoms with Crippen LogP contribution in [0.4, 0.5) is 0 Å². The quantitative estimate of drug-likeness (QED) is 0.467. The lowest BCUT2D eigenvalue weighted by Crippen LogP contribution is -2.05. The predicted molar refractivity (Wildman–Crippen MR) is 110 cm³/mol. The van der Waals surface area contributed by atoms with E-state index in [1.165, 1.54) is 11.1 Å². The molecule has 5 rings (SSSR count). The molecule has 0 atom stereocenters. The van der Waals surface area contributed by atoms with Gasteiger partial charge in [0.15, 0.2) is 5.76 Å². The van der Waals surface area contributed by atoms with Crippen molar-refractivity contribution in [3.05, 3.63) is 72.2 Å². The third-order valence-electron chi connectivity index (χ3n) is 5.03. The maximum absolute atomic E-state index is 5.57. The molecule has 2 aromatic carbocycles. The summed E-state index contributed by atoms with van der Waals surface area (Å²) in [6.45, 7) is 2.98. The Morgan fingerprint density at radius 1 is 1.03 bits per heavy atom. The number of rotatable bonds is 6. The molecule has 0 radical (unpaired) electrons. The van der Waals surface area contributed by atoms with Crippen LogP contribution in [-0.2, 0) is 13.0 Å². The summed E-state index contributed by atoms with van der Waals surface area (Å²) < 4.78 is 7.89. The van der Waals surface area contributed by atoms with Crippen molar-refractivity contribution in [3.8, 4) is 22.7 Å². The van der Waals surface area contributed by atoms with Gasteiger partial charge >= 0.3 is 0 Å². The highest BCUT2D eigenvalue weighted by Gasteiger charge is 2.15. The number of aryl methyl sites for hydroxylation is 1. The zero-order valence-electron chi connectivity index (χ0n) is 16.0. The minimum absolute atomic E-state index is 0.447. The van der Waals surface area contributed by atoms with Crippen LogP contribution in [0, 0.1) is 0 Å². The molecule has 0 saturated heterocycles. The molecule has 0 aliphatic rings. The SMILES string of the molecule is CCCc1nc2ccccc2n1Cc1ccc(-c2ccoc2-c2nn[nH]n2)cc1. The molecule has 0 saturated carbocycles. The molecule has 144 valence electrons. The molecule has 0 unspecified atom stereocenters. The van der Waals surface area contributed by atoms with Crippen LogP contribution in [0.15, 0.2) is 65.3 Å². The van der Waals surface area contributed by atoms with E-state index in [-0.39, 0.29) is 0 Å².